The molecule has 0 spiro atoms. The van der Waals surface area contributed by atoms with Crippen LogP contribution >= 0.6 is 15.9 Å². The summed E-state index contributed by atoms with van der Waals surface area (Å²) in [5, 5.41) is 6.21. The van der Waals surface area contributed by atoms with Crippen molar-refractivity contribution in [3.05, 3.63) is 40.9 Å². The molecule has 106 valence electrons. The summed E-state index contributed by atoms with van der Waals surface area (Å²) < 4.78 is 1.14. The summed E-state index contributed by atoms with van der Waals surface area (Å²) >= 11 is 3.52. The first-order valence-electron chi connectivity index (χ1n) is 7.64. The van der Waals surface area contributed by atoms with Gasteiger partial charge in [0.1, 0.15) is 0 Å². The number of hydrogen-bond acceptors (Lipinski definition) is 1. The molecule has 1 N–H and O–H groups in total. The van der Waals surface area contributed by atoms with Gasteiger partial charge in [-0.3, -0.25) is 0 Å². The molecule has 0 radical (unpaired) electrons. The van der Waals surface area contributed by atoms with Crippen molar-refractivity contribution in [3.8, 4) is 0 Å². The molecule has 0 heterocycles. The lowest BCUT2D eigenvalue weighted by molar-refractivity contribution is 0.300. The molecule has 2 heteroatoms. The van der Waals surface area contributed by atoms with E-state index in [1.807, 2.05) is 0 Å². The van der Waals surface area contributed by atoms with Crippen LogP contribution < -0.4 is 5.32 Å². The molecule has 1 aliphatic carbocycles. The largest absolute Gasteiger partial charge is 0.385 e. The molecule has 0 aromatic heterocycles. The second-order valence-electron chi connectivity index (χ2n) is 6.21. The predicted molar refractivity (Wildman–Crippen MR) is 91.3 cm³/mol. The van der Waals surface area contributed by atoms with Gasteiger partial charge in [-0.15, -0.1) is 0 Å². The number of benzene rings is 2. The van der Waals surface area contributed by atoms with Gasteiger partial charge in [-0.25, -0.2) is 0 Å². The molecule has 1 nitrogen and oxygen atoms in total. The highest BCUT2D eigenvalue weighted by Gasteiger charge is 2.17. The Hall–Kier alpha value is -1.02. The molecular formula is C18H22BrN. The van der Waals surface area contributed by atoms with Crippen LogP contribution in [0.25, 0.3) is 10.8 Å². The molecular weight excluding hydrogens is 310 g/mol. The average molecular weight is 332 g/mol. The number of anilines is 1. The second-order valence-corrected chi connectivity index (χ2v) is 7.13. The molecule has 0 atom stereocenters. The van der Waals surface area contributed by atoms with E-state index in [2.05, 4.69) is 64.6 Å². The van der Waals surface area contributed by atoms with Crippen LogP contribution in [0.4, 0.5) is 5.69 Å². The summed E-state index contributed by atoms with van der Waals surface area (Å²) in [4.78, 5) is 0. The van der Waals surface area contributed by atoms with Crippen LogP contribution in [0.2, 0.25) is 0 Å². The number of fused-ring (bicyclic) bond motifs is 1. The minimum atomic E-state index is 0.854. The quantitative estimate of drug-likeness (QED) is 0.744. The number of nitrogens with one attached hydrogen (secondary N) is 1. The van der Waals surface area contributed by atoms with Crippen LogP contribution in [-0.2, 0) is 0 Å². The Morgan fingerprint density at radius 3 is 2.50 bits per heavy atom. The van der Waals surface area contributed by atoms with Crippen molar-refractivity contribution >= 4 is 32.4 Å². The maximum atomic E-state index is 3.62. The lowest BCUT2D eigenvalue weighted by atomic mass is 9.83. The molecule has 1 fully saturated rings. The number of rotatable bonds is 3. The van der Waals surface area contributed by atoms with Crippen LogP contribution in [0.15, 0.2) is 40.9 Å². The zero-order chi connectivity index (χ0) is 13.9. The molecule has 2 aromatic rings. The van der Waals surface area contributed by atoms with Crippen LogP contribution in [0, 0.1) is 11.8 Å². The van der Waals surface area contributed by atoms with E-state index in [0.717, 1.165) is 22.9 Å². The van der Waals surface area contributed by atoms with Crippen LogP contribution in [0.3, 0.4) is 0 Å². The van der Waals surface area contributed by atoms with Crippen LogP contribution in [0.1, 0.15) is 32.6 Å². The van der Waals surface area contributed by atoms with Crippen molar-refractivity contribution in [3.63, 3.8) is 0 Å². The van der Waals surface area contributed by atoms with Crippen molar-refractivity contribution in [2.75, 3.05) is 11.9 Å². The van der Waals surface area contributed by atoms with Gasteiger partial charge in [0.05, 0.1) is 0 Å². The topological polar surface area (TPSA) is 12.0 Å². The van der Waals surface area contributed by atoms with E-state index in [0.29, 0.717) is 0 Å². The van der Waals surface area contributed by atoms with E-state index in [1.54, 1.807) is 0 Å². The number of halogens is 1. The fourth-order valence-electron chi connectivity index (χ4n) is 3.12. The SMILES string of the molecule is CC1CCC(CNc2ccc3cc(Br)ccc3c2)CC1. The van der Waals surface area contributed by atoms with Crippen molar-refractivity contribution in [2.45, 2.75) is 32.6 Å². The molecule has 3 rings (SSSR count). The summed E-state index contributed by atoms with van der Waals surface area (Å²) in [7, 11) is 0. The zero-order valence-electron chi connectivity index (χ0n) is 12.0. The van der Waals surface area contributed by atoms with Crippen molar-refractivity contribution < 1.29 is 0 Å². The molecule has 0 saturated heterocycles. The van der Waals surface area contributed by atoms with Gasteiger partial charge in [0.25, 0.3) is 0 Å². The van der Waals surface area contributed by atoms with E-state index in [1.165, 1.54) is 42.1 Å². The minimum absolute atomic E-state index is 0.854. The molecule has 2 aromatic carbocycles. The van der Waals surface area contributed by atoms with Crippen LogP contribution in [0.5, 0.6) is 0 Å². The monoisotopic (exact) mass is 331 g/mol. The highest BCUT2D eigenvalue weighted by atomic mass is 79.9. The maximum Gasteiger partial charge on any atom is 0.0346 e. The summed E-state index contributed by atoms with van der Waals surface area (Å²) in [6.07, 6.45) is 5.57. The average Bonchev–Trinajstić information content (AvgIpc) is 2.46. The Morgan fingerprint density at radius 2 is 1.70 bits per heavy atom. The summed E-state index contributed by atoms with van der Waals surface area (Å²) in [6.45, 7) is 3.50. The maximum absolute atomic E-state index is 3.62. The molecule has 20 heavy (non-hydrogen) atoms. The molecule has 0 amide bonds. The highest BCUT2D eigenvalue weighted by Crippen LogP contribution is 2.29. The highest BCUT2D eigenvalue weighted by molar-refractivity contribution is 9.10. The van der Waals surface area contributed by atoms with E-state index in [-0.39, 0.29) is 0 Å². The summed E-state index contributed by atoms with van der Waals surface area (Å²) in [6, 6.07) is 13.1. The molecule has 1 aliphatic rings. The fraction of sp³-hybridized carbons (Fsp3) is 0.444. The van der Waals surface area contributed by atoms with E-state index in [9.17, 15) is 0 Å². The van der Waals surface area contributed by atoms with Gasteiger partial charge in [0.15, 0.2) is 0 Å². The Bertz CT molecular complexity index is 585. The first-order valence-corrected chi connectivity index (χ1v) is 8.43. The van der Waals surface area contributed by atoms with E-state index >= 15 is 0 Å². The standard InChI is InChI=1S/C18H22BrN/c1-13-2-4-14(5-3-13)12-20-18-9-7-15-10-17(19)8-6-16(15)11-18/h6-11,13-14,20H,2-5,12H2,1H3. The molecule has 0 unspecified atom stereocenters. The second kappa shape index (κ2) is 6.17. The third kappa shape index (κ3) is 3.35. The summed E-state index contributed by atoms with van der Waals surface area (Å²) in [5.41, 5.74) is 1.25. The van der Waals surface area contributed by atoms with Gasteiger partial charge in [-0.05, 0) is 59.7 Å². The van der Waals surface area contributed by atoms with Crippen LogP contribution in [-0.4, -0.2) is 6.54 Å². The first-order chi connectivity index (χ1) is 9.70. The summed E-state index contributed by atoms with van der Waals surface area (Å²) in [5.74, 6) is 1.79. The van der Waals surface area contributed by atoms with Gasteiger partial charge in [-0.2, -0.15) is 0 Å². The normalized spacial score (nSPS) is 22.9. The molecule has 1 saturated carbocycles. The van der Waals surface area contributed by atoms with Crippen molar-refractivity contribution in [1.82, 2.24) is 0 Å². The lowest BCUT2D eigenvalue weighted by Gasteiger charge is -2.26. The minimum Gasteiger partial charge on any atom is -0.385 e. The first kappa shape index (κ1) is 13.9. The zero-order valence-corrected chi connectivity index (χ0v) is 13.6. The van der Waals surface area contributed by atoms with E-state index in [4.69, 9.17) is 0 Å². The van der Waals surface area contributed by atoms with E-state index < -0.39 is 0 Å². The fourth-order valence-corrected chi connectivity index (χ4v) is 3.50. The predicted octanol–water partition coefficient (Wildman–Crippen LogP) is 5.84. The van der Waals surface area contributed by atoms with Crippen molar-refractivity contribution in [1.29, 1.82) is 0 Å². The smallest absolute Gasteiger partial charge is 0.0346 e. The third-order valence-electron chi connectivity index (χ3n) is 4.53. The Balaban J connectivity index is 1.64. The van der Waals surface area contributed by atoms with Gasteiger partial charge < -0.3 is 5.32 Å². The Morgan fingerprint density at radius 1 is 1.00 bits per heavy atom. The van der Waals surface area contributed by atoms with Gasteiger partial charge >= 0.3 is 0 Å². The Kier molecular flexibility index (Phi) is 4.30. The van der Waals surface area contributed by atoms with Gasteiger partial charge in [0.2, 0.25) is 0 Å². The van der Waals surface area contributed by atoms with Crippen molar-refractivity contribution in [2.24, 2.45) is 11.8 Å². The lowest BCUT2D eigenvalue weighted by Crippen LogP contribution is -2.20. The molecule has 0 bridgehead atoms. The third-order valence-corrected chi connectivity index (χ3v) is 5.03. The number of hydrogen-bond donors (Lipinski definition) is 1. The Labute approximate surface area is 129 Å². The van der Waals surface area contributed by atoms with Gasteiger partial charge in [0, 0.05) is 16.7 Å². The van der Waals surface area contributed by atoms with Gasteiger partial charge in [-0.1, -0.05) is 47.8 Å². The molecule has 0 aliphatic heterocycles.